The molecule has 2 aromatic carbocycles. The zero-order valence-electron chi connectivity index (χ0n) is 16.4. The van der Waals surface area contributed by atoms with Crippen LogP contribution in [-0.2, 0) is 22.2 Å². The third kappa shape index (κ3) is 4.72. The molecule has 0 N–H and O–H groups in total. The van der Waals surface area contributed by atoms with E-state index in [1.54, 1.807) is 0 Å². The van der Waals surface area contributed by atoms with Gasteiger partial charge in [-0.05, 0) is 49.4 Å². The van der Waals surface area contributed by atoms with Crippen LogP contribution in [0, 0.1) is 6.92 Å². The van der Waals surface area contributed by atoms with Gasteiger partial charge in [0.05, 0.1) is 21.6 Å². The Labute approximate surface area is 178 Å². The summed E-state index contributed by atoms with van der Waals surface area (Å²) in [6, 6.07) is 6.33. The Morgan fingerprint density at radius 1 is 0.844 bits per heavy atom. The monoisotopic (exact) mass is 476 g/mol. The number of benzene rings is 2. The zero-order valence-corrected chi connectivity index (χ0v) is 17.2. The highest BCUT2D eigenvalue weighted by Crippen LogP contribution is 2.42. The smallest absolute Gasteiger partial charge is 0.417 e. The molecule has 0 saturated heterocycles. The van der Waals surface area contributed by atoms with Gasteiger partial charge in [0.25, 0.3) is 0 Å². The van der Waals surface area contributed by atoms with Gasteiger partial charge in [0.15, 0.2) is 15.3 Å². The summed E-state index contributed by atoms with van der Waals surface area (Å²) in [7, 11) is -3.59. The predicted molar refractivity (Wildman–Crippen MR) is 104 cm³/mol. The van der Waals surface area contributed by atoms with E-state index in [9.17, 15) is 39.6 Å². The van der Waals surface area contributed by atoms with Crippen molar-refractivity contribution in [2.75, 3.05) is 6.26 Å². The van der Waals surface area contributed by atoms with Gasteiger partial charge in [-0.25, -0.2) is 8.42 Å². The van der Waals surface area contributed by atoms with Crippen molar-refractivity contribution in [3.8, 4) is 22.5 Å². The maximum atomic E-state index is 13.6. The summed E-state index contributed by atoms with van der Waals surface area (Å²) in [5, 5.41) is 0. The lowest BCUT2D eigenvalue weighted by atomic mass is 9.93. The third-order valence-corrected chi connectivity index (χ3v) is 5.67. The Hall–Kier alpha value is -3.08. The van der Waals surface area contributed by atoms with E-state index in [4.69, 9.17) is 4.42 Å². The molecule has 0 aliphatic rings. The van der Waals surface area contributed by atoms with Crippen LogP contribution < -0.4 is 5.43 Å². The van der Waals surface area contributed by atoms with Crippen molar-refractivity contribution < 1.29 is 39.2 Å². The van der Waals surface area contributed by atoms with Crippen LogP contribution in [0.4, 0.5) is 26.3 Å². The van der Waals surface area contributed by atoms with Gasteiger partial charge in [-0.15, -0.1) is 0 Å². The van der Waals surface area contributed by atoms with Crippen LogP contribution in [-0.4, -0.2) is 14.7 Å². The van der Waals surface area contributed by atoms with Gasteiger partial charge in [-0.2, -0.15) is 26.3 Å². The van der Waals surface area contributed by atoms with Crippen LogP contribution in [0.2, 0.25) is 0 Å². The second-order valence-corrected chi connectivity index (χ2v) is 8.99. The minimum absolute atomic E-state index is 0.00137. The minimum atomic E-state index is -5.06. The maximum absolute atomic E-state index is 13.6. The van der Waals surface area contributed by atoms with Crippen molar-refractivity contribution >= 4 is 9.84 Å². The molecule has 1 heterocycles. The molecule has 32 heavy (non-hydrogen) atoms. The SMILES string of the molecule is Cc1cc(=O)c(-c2cc(C(F)(F)F)ccc2C(F)(F)F)c(-c2ccc(S(C)(=O)=O)cc2)o1. The molecule has 0 fully saturated rings. The largest absolute Gasteiger partial charge is 0.460 e. The lowest BCUT2D eigenvalue weighted by molar-refractivity contribution is -0.141. The maximum Gasteiger partial charge on any atom is 0.417 e. The Morgan fingerprint density at radius 2 is 1.44 bits per heavy atom. The predicted octanol–water partition coefficient (Wildman–Crippen LogP) is 5.72. The van der Waals surface area contributed by atoms with Gasteiger partial charge in [0.1, 0.15) is 11.5 Å². The Bertz CT molecular complexity index is 1330. The molecule has 0 saturated carbocycles. The second-order valence-electron chi connectivity index (χ2n) is 6.98. The van der Waals surface area contributed by atoms with Gasteiger partial charge >= 0.3 is 12.4 Å². The van der Waals surface area contributed by atoms with E-state index < -0.39 is 55.6 Å². The summed E-state index contributed by atoms with van der Waals surface area (Å²) in [5.74, 6) is -0.415. The van der Waals surface area contributed by atoms with Crippen LogP contribution >= 0.6 is 0 Å². The van der Waals surface area contributed by atoms with Crippen molar-refractivity contribution in [3.05, 3.63) is 75.6 Å². The molecule has 0 spiro atoms. The molecule has 0 radical (unpaired) electrons. The van der Waals surface area contributed by atoms with E-state index in [1.807, 2.05) is 0 Å². The van der Waals surface area contributed by atoms with Crippen molar-refractivity contribution in [1.29, 1.82) is 0 Å². The molecule has 0 aliphatic carbocycles. The molecule has 1 aromatic heterocycles. The van der Waals surface area contributed by atoms with E-state index in [-0.39, 0.29) is 34.4 Å². The highest BCUT2D eigenvalue weighted by atomic mass is 32.2. The second kappa shape index (κ2) is 7.80. The molecule has 0 amide bonds. The first-order chi connectivity index (χ1) is 14.6. The Kier molecular flexibility index (Phi) is 5.75. The number of rotatable bonds is 3. The molecule has 0 unspecified atom stereocenters. The van der Waals surface area contributed by atoms with Crippen LogP contribution in [0.5, 0.6) is 0 Å². The van der Waals surface area contributed by atoms with Gasteiger partial charge in [0, 0.05) is 23.4 Å². The Balaban J connectivity index is 2.38. The number of hydrogen-bond donors (Lipinski definition) is 0. The van der Waals surface area contributed by atoms with E-state index in [0.717, 1.165) is 24.5 Å². The van der Waals surface area contributed by atoms with Gasteiger partial charge in [0.2, 0.25) is 0 Å². The first-order valence-electron chi connectivity index (χ1n) is 8.83. The molecule has 0 atom stereocenters. The number of hydrogen-bond acceptors (Lipinski definition) is 4. The highest BCUT2D eigenvalue weighted by Gasteiger charge is 2.38. The van der Waals surface area contributed by atoms with E-state index in [1.165, 1.54) is 19.1 Å². The summed E-state index contributed by atoms with van der Waals surface area (Å²) in [4.78, 5) is 12.6. The quantitative estimate of drug-likeness (QED) is 0.454. The average molecular weight is 476 g/mol. The third-order valence-electron chi connectivity index (χ3n) is 4.54. The minimum Gasteiger partial charge on any atom is -0.460 e. The number of halogens is 6. The van der Waals surface area contributed by atoms with Crippen molar-refractivity contribution in [2.24, 2.45) is 0 Å². The summed E-state index contributed by atoms with van der Waals surface area (Å²) < 4.78 is 109. The van der Waals surface area contributed by atoms with E-state index >= 15 is 0 Å². The van der Waals surface area contributed by atoms with Crippen molar-refractivity contribution in [2.45, 2.75) is 24.2 Å². The molecular weight excluding hydrogens is 462 g/mol. The van der Waals surface area contributed by atoms with Crippen LogP contribution in [0.1, 0.15) is 16.9 Å². The normalized spacial score (nSPS) is 12.8. The lowest BCUT2D eigenvalue weighted by Crippen LogP contribution is -2.15. The molecule has 11 heteroatoms. The standard InChI is InChI=1S/C21H14F6O4S/c1-11-9-17(28)18(19(31-11)12-3-6-14(7-4-12)32(2,29)30)15-10-13(20(22,23)24)5-8-16(15)21(25,26)27/h3-10H,1-2H3. The van der Waals surface area contributed by atoms with Crippen LogP contribution in [0.25, 0.3) is 22.5 Å². The van der Waals surface area contributed by atoms with Crippen molar-refractivity contribution in [1.82, 2.24) is 0 Å². The number of aryl methyl sites for hydroxylation is 1. The summed E-state index contributed by atoms with van der Waals surface area (Å²) in [6.07, 6.45) is -9.08. The fraction of sp³-hybridized carbons (Fsp3) is 0.190. The van der Waals surface area contributed by atoms with Gasteiger partial charge < -0.3 is 4.42 Å². The molecular formula is C21H14F6O4S. The van der Waals surface area contributed by atoms with E-state index in [2.05, 4.69) is 0 Å². The number of alkyl halides is 6. The summed E-state index contributed by atoms with van der Waals surface area (Å²) in [6.45, 7) is 1.34. The highest BCUT2D eigenvalue weighted by molar-refractivity contribution is 7.90. The molecule has 3 aromatic rings. The molecule has 3 rings (SSSR count). The van der Waals surface area contributed by atoms with Crippen LogP contribution in [0.15, 0.2) is 62.6 Å². The molecule has 0 bridgehead atoms. The fourth-order valence-corrected chi connectivity index (χ4v) is 3.73. The first-order valence-corrected chi connectivity index (χ1v) is 10.7. The summed E-state index contributed by atoms with van der Waals surface area (Å²) >= 11 is 0. The zero-order chi connectivity index (χ0) is 24.1. The number of sulfone groups is 1. The average Bonchev–Trinajstić information content (AvgIpc) is 2.65. The van der Waals surface area contributed by atoms with Crippen LogP contribution in [0.3, 0.4) is 0 Å². The Morgan fingerprint density at radius 3 is 1.94 bits per heavy atom. The van der Waals surface area contributed by atoms with Crippen molar-refractivity contribution in [3.63, 3.8) is 0 Å². The topological polar surface area (TPSA) is 64.3 Å². The molecule has 0 aliphatic heterocycles. The molecule has 170 valence electrons. The summed E-state index contributed by atoms with van der Waals surface area (Å²) in [5.41, 5.74) is -5.52. The fourth-order valence-electron chi connectivity index (χ4n) is 3.10. The van der Waals surface area contributed by atoms with Gasteiger partial charge in [-0.1, -0.05) is 0 Å². The van der Waals surface area contributed by atoms with E-state index in [0.29, 0.717) is 0 Å². The molecule has 4 nitrogen and oxygen atoms in total. The lowest BCUT2D eigenvalue weighted by Gasteiger charge is -2.17. The van der Waals surface area contributed by atoms with Gasteiger partial charge in [-0.3, -0.25) is 4.79 Å². The first kappa shape index (κ1) is 23.6.